The lowest BCUT2D eigenvalue weighted by atomic mass is 9.97. The summed E-state index contributed by atoms with van der Waals surface area (Å²) in [6, 6.07) is 31.7. The zero-order valence-electron chi connectivity index (χ0n) is 14.1. The average Bonchev–Trinajstić information content (AvgIpc) is 3.06. The summed E-state index contributed by atoms with van der Waals surface area (Å²) in [6.45, 7) is 0. The lowest BCUT2D eigenvalue weighted by Crippen LogP contribution is -2.64. The molecule has 0 N–H and O–H groups in total. The Morgan fingerprint density at radius 1 is 0.720 bits per heavy atom. The molecule has 2 atom stereocenters. The van der Waals surface area contributed by atoms with Crippen LogP contribution in [0.2, 0.25) is 6.04 Å². The fraction of sp³-hybridized carbons (Fsp3) is 0.174. The highest BCUT2D eigenvalue weighted by Crippen LogP contribution is 2.43. The van der Waals surface area contributed by atoms with Gasteiger partial charge in [0.05, 0.1) is 6.10 Å². The second-order valence-corrected chi connectivity index (χ2v) is 10.5. The minimum atomic E-state index is -2.22. The van der Waals surface area contributed by atoms with E-state index in [9.17, 15) is 0 Å². The van der Waals surface area contributed by atoms with Crippen molar-refractivity contribution in [1.82, 2.24) is 0 Å². The number of rotatable bonds is 2. The van der Waals surface area contributed by atoms with Crippen LogP contribution in [0.4, 0.5) is 0 Å². The van der Waals surface area contributed by atoms with Crippen molar-refractivity contribution in [1.29, 1.82) is 0 Å². The Bertz CT molecular complexity index is 835. The van der Waals surface area contributed by atoms with Gasteiger partial charge in [-0.05, 0) is 40.4 Å². The van der Waals surface area contributed by atoms with E-state index in [0.29, 0.717) is 5.92 Å². The minimum absolute atomic E-state index is 0.276. The van der Waals surface area contributed by atoms with Crippen molar-refractivity contribution in [3.63, 3.8) is 0 Å². The highest BCUT2D eigenvalue weighted by molar-refractivity contribution is 6.97. The Balaban J connectivity index is 1.59. The largest absolute Gasteiger partial charge is 0.404 e. The molecule has 1 aliphatic carbocycles. The SMILES string of the molecule is [CH]1C[Si](c2ccccc2)(c2ccccc2)O[C@H]2Cc3ccccc3[C@@H]12. The van der Waals surface area contributed by atoms with Gasteiger partial charge in [0.25, 0.3) is 8.32 Å². The normalized spacial score (nSPS) is 23.7. The van der Waals surface area contributed by atoms with Crippen LogP contribution in [0.1, 0.15) is 17.0 Å². The molecule has 1 heterocycles. The summed E-state index contributed by atoms with van der Waals surface area (Å²) in [5.74, 6) is 0.448. The predicted molar refractivity (Wildman–Crippen MR) is 105 cm³/mol. The summed E-state index contributed by atoms with van der Waals surface area (Å²) >= 11 is 0. The average molecular weight is 342 g/mol. The summed E-state index contributed by atoms with van der Waals surface area (Å²) in [5.41, 5.74) is 2.93. The molecule has 1 nitrogen and oxygen atoms in total. The molecule has 123 valence electrons. The third kappa shape index (κ3) is 2.40. The van der Waals surface area contributed by atoms with Crippen LogP contribution < -0.4 is 10.4 Å². The molecule has 1 aliphatic heterocycles. The van der Waals surface area contributed by atoms with Crippen LogP contribution in [0, 0.1) is 6.42 Å². The Hall–Kier alpha value is -2.16. The third-order valence-corrected chi connectivity index (χ3v) is 9.78. The number of hydrogen-bond acceptors (Lipinski definition) is 1. The second kappa shape index (κ2) is 5.97. The van der Waals surface area contributed by atoms with E-state index in [4.69, 9.17) is 4.43 Å². The second-order valence-electron chi connectivity index (χ2n) is 7.08. The first-order chi connectivity index (χ1) is 12.4. The monoisotopic (exact) mass is 341 g/mol. The third-order valence-electron chi connectivity index (χ3n) is 5.73. The maximum Gasteiger partial charge on any atom is 0.256 e. The molecule has 25 heavy (non-hydrogen) atoms. The Labute approximate surface area is 150 Å². The summed E-state index contributed by atoms with van der Waals surface area (Å²) in [6.07, 6.45) is 3.86. The van der Waals surface area contributed by atoms with Gasteiger partial charge in [0.2, 0.25) is 0 Å². The van der Waals surface area contributed by atoms with Crippen molar-refractivity contribution >= 4 is 18.7 Å². The van der Waals surface area contributed by atoms with Crippen LogP contribution in [-0.2, 0) is 10.8 Å². The summed E-state index contributed by atoms with van der Waals surface area (Å²) in [7, 11) is -2.22. The van der Waals surface area contributed by atoms with E-state index >= 15 is 0 Å². The number of benzene rings is 3. The van der Waals surface area contributed by atoms with Crippen molar-refractivity contribution < 1.29 is 4.43 Å². The molecular weight excluding hydrogens is 320 g/mol. The van der Waals surface area contributed by atoms with E-state index in [-0.39, 0.29) is 6.10 Å². The smallest absolute Gasteiger partial charge is 0.256 e. The van der Waals surface area contributed by atoms with E-state index in [1.54, 1.807) is 0 Å². The first-order valence-corrected chi connectivity index (χ1v) is 11.2. The van der Waals surface area contributed by atoms with E-state index in [2.05, 4.69) is 91.3 Å². The molecule has 0 unspecified atom stereocenters. The van der Waals surface area contributed by atoms with Crippen LogP contribution in [0.5, 0.6) is 0 Å². The zero-order valence-corrected chi connectivity index (χ0v) is 15.1. The van der Waals surface area contributed by atoms with Gasteiger partial charge in [-0.2, -0.15) is 0 Å². The Kier molecular flexibility index (Phi) is 3.61. The van der Waals surface area contributed by atoms with Gasteiger partial charge in [-0.3, -0.25) is 0 Å². The number of hydrogen-bond donors (Lipinski definition) is 0. The molecule has 0 saturated carbocycles. The lowest BCUT2D eigenvalue weighted by molar-refractivity contribution is 0.176. The number of fused-ring (bicyclic) bond motifs is 3. The van der Waals surface area contributed by atoms with Gasteiger partial charge in [-0.25, -0.2) is 0 Å². The van der Waals surface area contributed by atoms with E-state index in [1.807, 2.05) is 0 Å². The molecule has 0 bridgehead atoms. The van der Waals surface area contributed by atoms with Gasteiger partial charge in [-0.15, -0.1) is 0 Å². The molecule has 1 saturated heterocycles. The van der Waals surface area contributed by atoms with Crippen molar-refractivity contribution in [2.24, 2.45) is 0 Å². The molecule has 3 aromatic carbocycles. The van der Waals surface area contributed by atoms with E-state index in [1.165, 1.54) is 21.5 Å². The van der Waals surface area contributed by atoms with Crippen molar-refractivity contribution in [2.75, 3.05) is 0 Å². The van der Waals surface area contributed by atoms with Gasteiger partial charge in [-0.1, -0.05) is 84.9 Å². The molecule has 2 heteroatoms. The van der Waals surface area contributed by atoms with Gasteiger partial charge in [0.15, 0.2) is 0 Å². The van der Waals surface area contributed by atoms with Crippen LogP contribution in [0.3, 0.4) is 0 Å². The van der Waals surface area contributed by atoms with Gasteiger partial charge >= 0.3 is 0 Å². The van der Waals surface area contributed by atoms with Crippen molar-refractivity contribution in [3.05, 3.63) is 102 Å². The summed E-state index contributed by atoms with van der Waals surface area (Å²) < 4.78 is 7.06. The first kappa shape index (κ1) is 15.1. The Morgan fingerprint density at radius 3 is 2.00 bits per heavy atom. The molecule has 5 rings (SSSR count). The molecule has 3 aromatic rings. The predicted octanol–water partition coefficient (Wildman–Crippen LogP) is 3.69. The molecule has 0 aromatic heterocycles. The molecule has 1 radical (unpaired) electrons. The van der Waals surface area contributed by atoms with Gasteiger partial charge in [0.1, 0.15) is 0 Å². The van der Waals surface area contributed by atoms with Crippen molar-refractivity contribution in [3.8, 4) is 0 Å². The molecule has 2 aliphatic rings. The van der Waals surface area contributed by atoms with E-state index in [0.717, 1.165) is 12.5 Å². The molecular formula is C23H21OSi. The maximum absolute atomic E-state index is 7.06. The van der Waals surface area contributed by atoms with Gasteiger partial charge in [0, 0.05) is 5.92 Å². The fourth-order valence-corrected chi connectivity index (χ4v) is 8.50. The fourth-order valence-electron chi connectivity index (χ4n) is 4.54. The molecule has 0 amide bonds. The van der Waals surface area contributed by atoms with Crippen LogP contribution >= 0.6 is 0 Å². The first-order valence-electron chi connectivity index (χ1n) is 9.07. The standard InChI is InChI=1S/C23H21OSi/c1-3-10-19(11-4-1)25(20-12-5-2-6-13-20)16-15-22-21-14-8-7-9-18(21)17-23(22)24-25/h1-15,22-23H,16-17H2/t22-,23+/m1/s1. The Morgan fingerprint density at radius 2 is 1.32 bits per heavy atom. The van der Waals surface area contributed by atoms with Crippen LogP contribution in [-0.4, -0.2) is 14.4 Å². The molecule has 1 fully saturated rings. The van der Waals surface area contributed by atoms with Crippen LogP contribution in [0.25, 0.3) is 0 Å². The van der Waals surface area contributed by atoms with E-state index < -0.39 is 8.32 Å². The summed E-state index contributed by atoms with van der Waals surface area (Å²) in [4.78, 5) is 0. The van der Waals surface area contributed by atoms with Crippen LogP contribution in [0.15, 0.2) is 84.9 Å². The van der Waals surface area contributed by atoms with Gasteiger partial charge < -0.3 is 4.43 Å². The highest BCUT2D eigenvalue weighted by atomic mass is 28.4. The topological polar surface area (TPSA) is 9.23 Å². The minimum Gasteiger partial charge on any atom is -0.404 e. The zero-order chi connectivity index (χ0) is 16.7. The molecule has 0 spiro atoms. The van der Waals surface area contributed by atoms with Crippen molar-refractivity contribution in [2.45, 2.75) is 24.5 Å². The quantitative estimate of drug-likeness (QED) is 0.646. The highest BCUT2D eigenvalue weighted by Gasteiger charge is 2.49. The maximum atomic E-state index is 7.06. The summed E-state index contributed by atoms with van der Waals surface area (Å²) in [5, 5.41) is 2.76. The lowest BCUT2D eigenvalue weighted by Gasteiger charge is -2.42.